The van der Waals surface area contributed by atoms with Crippen molar-refractivity contribution in [1.29, 1.82) is 0 Å². The Labute approximate surface area is 265 Å². The Morgan fingerprint density at radius 3 is 1.73 bits per heavy atom. The van der Waals surface area contributed by atoms with E-state index in [0.717, 1.165) is 51.8 Å². The Kier molecular flexibility index (Phi) is 9.53. The van der Waals surface area contributed by atoms with Crippen LogP contribution in [0, 0.1) is 0 Å². The summed E-state index contributed by atoms with van der Waals surface area (Å²) in [6.45, 7) is 4.45. The van der Waals surface area contributed by atoms with E-state index in [2.05, 4.69) is 6.07 Å². The number of rotatable bonds is 6. The monoisotopic (exact) mass is 608 g/mol. The molecule has 45 heavy (non-hydrogen) atoms. The van der Waals surface area contributed by atoms with Gasteiger partial charge in [0.25, 0.3) is 0 Å². The molecule has 8 heteroatoms. The third kappa shape index (κ3) is 6.86. The first kappa shape index (κ1) is 30.9. The van der Waals surface area contributed by atoms with Gasteiger partial charge in [0.05, 0.1) is 16.6 Å². The van der Waals surface area contributed by atoms with Crippen molar-refractivity contribution in [3.05, 3.63) is 114 Å². The lowest BCUT2D eigenvalue weighted by molar-refractivity contribution is -0.118. The van der Waals surface area contributed by atoms with E-state index in [9.17, 15) is 19.2 Å². The van der Waals surface area contributed by atoms with Crippen LogP contribution in [0.5, 0.6) is 0 Å². The Morgan fingerprint density at radius 2 is 1.20 bits per heavy atom. The summed E-state index contributed by atoms with van der Waals surface area (Å²) in [6.07, 6.45) is 3.62. The number of carboxylic acid groups (broad SMARTS) is 2. The first-order chi connectivity index (χ1) is 22.2. The SMILES string of the molecule is C.CCC(=O)N1CCc2cc(-c3ccc(C(=O)O)cc3)ccc21.CCC(=O)n1ccc2cc(-c3ccc(C(=O)O)cc3)ccc21.[2H][2H]. The highest BCUT2D eigenvalue weighted by atomic mass is 16.4. The quantitative estimate of drug-likeness (QED) is 0.200. The number of benzene rings is 4. The van der Waals surface area contributed by atoms with Crippen molar-refractivity contribution in [2.24, 2.45) is 0 Å². The molecule has 0 saturated carbocycles. The number of aromatic carboxylic acids is 2. The number of anilines is 1. The normalized spacial score (nSPS) is 11.8. The average Bonchev–Trinajstić information content (AvgIpc) is 3.73. The highest BCUT2D eigenvalue weighted by molar-refractivity contribution is 5.96. The van der Waals surface area contributed by atoms with Crippen molar-refractivity contribution in [1.82, 2.24) is 4.57 Å². The molecule has 8 nitrogen and oxygen atoms in total. The van der Waals surface area contributed by atoms with E-state index < -0.39 is 11.9 Å². The molecule has 0 fully saturated rings. The van der Waals surface area contributed by atoms with Crippen molar-refractivity contribution in [3.8, 4) is 22.3 Å². The third-order valence-corrected chi connectivity index (χ3v) is 7.77. The van der Waals surface area contributed by atoms with Crippen LogP contribution in [0.15, 0.2) is 97.2 Å². The van der Waals surface area contributed by atoms with E-state index in [-0.39, 0.29) is 30.4 Å². The zero-order chi connectivity index (χ0) is 33.4. The molecule has 1 amide bonds. The second-order valence-corrected chi connectivity index (χ2v) is 10.5. The van der Waals surface area contributed by atoms with Crippen molar-refractivity contribution >= 4 is 40.3 Å². The number of hydrogen-bond donors (Lipinski definition) is 2. The van der Waals surface area contributed by atoms with Gasteiger partial charge in [-0.3, -0.25) is 14.2 Å². The van der Waals surface area contributed by atoms with Crippen molar-refractivity contribution in [2.75, 3.05) is 11.4 Å². The summed E-state index contributed by atoms with van der Waals surface area (Å²) in [5.41, 5.74) is 7.56. The van der Waals surface area contributed by atoms with Gasteiger partial charge in [-0.15, -0.1) is 0 Å². The number of carbonyl (C=O) groups is 4. The first-order valence-electron chi connectivity index (χ1n) is 15.4. The summed E-state index contributed by atoms with van der Waals surface area (Å²) in [5, 5.41) is 18.9. The number of carboxylic acids is 2. The van der Waals surface area contributed by atoms with E-state index in [1.807, 2.05) is 67.3 Å². The number of carbonyl (C=O) groups excluding carboxylic acids is 2. The maximum atomic E-state index is 11.9. The maximum absolute atomic E-state index is 11.9. The highest BCUT2D eigenvalue weighted by Crippen LogP contribution is 2.33. The van der Waals surface area contributed by atoms with Crippen LogP contribution in [-0.4, -0.2) is 45.1 Å². The fourth-order valence-electron chi connectivity index (χ4n) is 5.35. The molecule has 6 rings (SSSR count). The molecule has 0 aliphatic carbocycles. The Morgan fingerprint density at radius 1 is 0.689 bits per heavy atom. The first-order valence-corrected chi connectivity index (χ1v) is 14.4. The molecule has 2 N–H and O–H groups in total. The number of hydrogen-bond acceptors (Lipinski definition) is 4. The molecule has 232 valence electrons. The molecule has 4 aromatic carbocycles. The number of amides is 1. The van der Waals surface area contributed by atoms with Gasteiger partial charge >= 0.3 is 11.9 Å². The standard InChI is InChI=1S/C18H17NO3.C18H15NO3.CH4.H2/c2*1-2-17(20)19-10-9-15-11-14(7-8-16(15)19)12-3-5-13(6-4-12)18(21)22;;/h3-8,11H,2,9-10H2,1H3,(H,21,22);3-11H,2H2,1H3,(H,21,22);1H4;1H/i;;;1+1D. The van der Waals surface area contributed by atoms with Crippen LogP contribution in [0.4, 0.5) is 5.69 Å². The van der Waals surface area contributed by atoms with Crippen LogP contribution >= 0.6 is 0 Å². The summed E-state index contributed by atoms with van der Waals surface area (Å²) >= 11 is 0. The number of nitrogens with zero attached hydrogens (tertiary/aromatic N) is 2. The zero-order valence-corrected chi connectivity index (χ0v) is 24.5. The highest BCUT2D eigenvalue weighted by Gasteiger charge is 2.23. The van der Waals surface area contributed by atoms with Gasteiger partial charge in [-0.05, 0) is 88.8 Å². The van der Waals surface area contributed by atoms with Crippen LogP contribution in [0.2, 0.25) is 0 Å². The molecule has 2 heterocycles. The van der Waals surface area contributed by atoms with E-state index in [0.29, 0.717) is 12.8 Å². The second-order valence-electron chi connectivity index (χ2n) is 10.5. The minimum atomic E-state index is -0.933. The van der Waals surface area contributed by atoms with Gasteiger partial charge in [0.15, 0.2) is 0 Å². The number of aromatic nitrogens is 1. The molecule has 0 spiro atoms. The number of fused-ring (bicyclic) bond motifs is 2. The van der Waals surface area contributed by atoms with Gasteiger partial charge in [0.2, 0.25) is 11.8 Å². The maximum Gasteiger partial charge on any atom is 0.335 e. The molecule has 1 aliphatic rings. The molecular formula is C37H38N2O6. The molecule has 0 radical (unpaired) electrons. The minimum Gasteiger partial charge on any atom is -0.478 e. The smallest absolute Gasteiger partial charge is 0.335 e. The molecular weight excluding hydrogens is 568 g/mol. The van der Waals surface area contributed by atoms with Crippen molar-refractivity contribution in [3.63, 3.8) is 0 Å². The summed E-state index contributed by atoms with van der Waals surface area (Å²) < 4.78 is 11.7. The van der Waals surface area contributed by atoms with Gasteiger partial charge in [-0.1, -0.05) is 57.7 Å². The van der Waals surface area contributed by atoms with Crippen LogP contribution in [-0.2, 0) is 11.2 Å². The Bertz CT molecular complexity index is 1880. The van der Waals surface area contributed by atoms with E-state index in [1.54, 1.807) is 47.2 Å². The van der Waals surface area contributed by atoms with Crippen molar-refractivity contribution < 1.29 is 32.4 Å². The van der Waals surface area contributed by atoms with E-state index >= 15 is 0 Å². The second kappa shape index (κ2) is 13.9. The Hall–Kier alpha value is -5.50. The van der Waals surface area contributed by atoms with Gasteiger partial charge in [-0.2, -0.15) is 0 Å². The fourth-order valence-corrected chi connectivity index (χ4v) is 5.35. The van der Waals surface area contributed by atoms with E-state index in [1.165, 1.54) is 5.56 Å². The minimum absolute atomic E-state index is 0. The molecule has 0 atom stereocenters. The van der Waals surface area contributed by atoms with Crippen LogP contribution < -0.4 is 4.90 Å². The predicted octanol–water partition coefficient (Wildman–Crippen LogP) is 8.29. The molecule has 0 saturated heterocycles. The van der Waals surface area contributed by atoms with Crippen LogP contribution in [0.1, 0.15) is 68.2 Å². The summed E-state index contributed by atoms with van der Waals surface area (Å²) in [7, 11) is 0. The van der Waals surface area contributed by atoms with Crippen molar-refractivity contribution in [2.45, 2.75) is 40.5 Å². The van der Waals surface area contributed by atoms with Gasteiger partial charge in [-0.25, -0.2) is 9.59 Å². The summed E-state index contributed by atoms with van der Waals surface area (Å²) in [5.74, 6) is -1.64. The third-order valence-electron chi connectivity index (χ3n) is 7.77. The largest absolute Gasteiger partial charge is 0.478 e. The van der Waals surface area contributed by atoms with Gasteiger partial charge < -0.3 is 15.1 Å². The van der Waals surface area contributed by atoms with Crippen LogP contribution in [0.25, 0.3) is 33.2 Å². The summed E-state index contributed by atoms with van der Waals surface area (Å²) in [4.78, 5) is 47.4. The lowest BCUT2D eigenvalue weighted by Crippen LogP contribution is -2.27. The van der Waals surface area contributed by atoms with Gasteiger partial charge in [0.1, 0.15) is 0 Å². The zero-order valence-electron chi connectivity index (χ0n) is 26.5. The topological polar surface area (TPSA) is 117 Å². The molecule has 1 aromatic heterocycles. The van der Waals surface area contributed by atoms with Crippen LogP contribution in [0.3, 0.4) is 0 Å². The van der Waals surface area contributed by atoms with Gasteiger partial charge in [0, 0.05) is 39.6 Å². The average molecular weight is 609 g/mol. The summed E-state index contributed by atoms with van der Waals surface area (Å²) in [6, 6.07) is 27.4. The van der Waals surface area contributed by atoms with E-state index in [4.69, 9.17) is 13.2 Å². The lowest BCUT2D eigenvalue weighted by Gasteiger charge is -2.16. The Balaban J connectivity index is 0.000000238. The molecule has 0 bridgehead atoms. The molecule has 0 unspecified atom stereocenters. The molecule has 5 aromatic rings. The molecule has 1 aliphatic heterocycles. The predicted molar refractivity (Wildman–Crippen MR) is 179 cm³/mol. The lowest BCUT2D eigenvalue weighted by atomic mass is 10.0. The fraction of sp³-hybridized carbons (Fsp3) is 0.189.